The molecule has 0 unspecified atom stereocenters. The summed E-state index contributed by atoms with van der Waals surface area (Å²) in [5.74, 6) is -0.989. The van der Waals surface area contributed by atoms with Crippen molar-refractivity contribution in [2.75, 3.05) is 11.1 Å². The highest BCUT2D eigenvalue weighted by Crippen LogP contribution is 2.38. The molecule has 0 radical (unpaired) electrons. The van der Waals surface area contributed by atoms with E-state index in [1.165, 1.54) is 0 Å². The Labute approximate surface area is 88.1 Å². The van der Waals surface area contributed by atoms with Crippen LogP contribution in [0.2, 0.25) is 0 Å². The second-order valence-corrected chi connectivity index (χ2v) is 4.29. The van der Waals surface area contributed by atoms with Crippen molar-refractivity contribution in [2.45, 2.75) is 25.3 Å². The predicted octanol–water partition coefficient (Wildman–Crippen LogP) is 1.93. The Balaban J connectivity index is 2.26. The lowest BCUT2D eigenvalue weighted by atomic mass is 10.1. The van der Waals surface area contributed by atoms with E-state index in [2.05, 4.69) is 12.2 Å². The Morgan fingerprint density at radius 2 is 2.20 bits per heavy atom. The lowest BCUT2D eigenvalue weighted by molar-refractivity contribution is 0.0698. The van der Waals surface area contributed by atoms with E-state index in [9.17, 15) is 4.79 Å². The smallest absolute Gasteiger partial charge is 0.337 e. The Morgan fingerprint density at radius 3 is 2.73 bits per heavy atom. The molecule has 80 valence electrons. The molecule has 0 amide bonds. The van der Waals surface area contributed by atoms with Gasteiger partial charge in [-0.25, -0.2) is 4.79 Å². The Bertz CT molecular complexity index is 411. The van der Waals surface area contributed by atoms with E-state index in [1.54, 1.807) is 12.1 Å². The largest absolute Gasteiger partial charge is 0.478 e. The zero-order valence-corrected chi connectivity index (χ0v) is 8.58. The fraction of sp³-hybridized carbons (Fsp3) is 0.364. The third-order valence-corrected chi connectivity index (χ3v) is 2.73. The summed E-state index contributed by atoms with van der Waals surface area (Å²) in [7, 11) is 0. The van der Waals surface area contributed by atoms with Gasteiger partial charge >= 0.3 is 5.97 Å². The monoisotopic (exact) mass is 206 g/mol. The number of carboxylic acids is 1. The van der Waals surface area contributed by atoms with E-state index >= 15 is 0 Å². The maximum Gasteiger partial charge on any atom is 0.337 e. The highest BCUT2D eigenvalue weighted by Gasteiger charge is 2.37. The maximum absolute atomic E-state index is 10.8. The molecule has 0 bridgehead atoms. The quantitative estimate of drug-likeness (QED) is 0.660. The topological polar surface area (TPSA) is 75.3 Å². The number of carbonyl (C=O) groups is 1. The molecule has 4 N–H and O–H groups in total. The molecule has 1 aliphatic rings. The van der Waals surface area contributed by atoms with Gasteiger partial charge in [-0.2, -0.15) is 0 Å². The SMILES string of the molecule is CC1(Nc2ccc(N)c(C(=O)O)c2)CC1. The van der Waals surface area contributed by atoms with Crippen LogP contribution in [0.5, 0.6) is 0 Å². The number of hydrogen-bond donors (Lipinski definition) is 3. The van der Waals surface area contributed by atoms with Crippen LogP contribution in [-0.4, -0.2) is 16.6 Å². The van der Waals surface area contributed by atoms with Crippen LogP contribution in [0.15, 0.2) is 18.2 Å². The number of anilines is 2. The minimum atomic E-state index is -0.989. The van der Waals surface area contributed by atoms with Crippen LogP contribution in [0.25, 0.3) is 0 Å². The third-order valence-electron chi connectivity index (χ3n) is 2.73. The molecule has 1 aromatic carbocycles. The van der Waals surface area contributed by atoms with Gasteiger partial charge < -0.3 is 16.2 Å². The summed E-state index contributed by atoms with van der Waals surface area (Å²) in [4.78, 5) is 10.8. The van der Waals surface area contributed by atoms with Crippen LogP contribution in [-0.2, 0) is 0 Å². The molecule has 0 heterocycles. The highest BCUT2D eigenvalue weighted by molar-refractivity contribution is 5.94. The van der Waals surface area contributed by atoms with Gasteiger partial charge in [-0.3, -0.25) is 0 Å². The van der Waals surface area contributed by atoms with Gasteiger partial charge in [0.25, 0.3) is 0 Å². The summed E-state index contributed by atoms with van der Waals surface area (Å²) in [6.07, 6.45) is 2.25. The van der Waals surface area contributed by atoms with Crippen LogP contribution in [0.3, 0.4) is 0 Å². The van der Waals surface area contributed by atoms with Crippen molar-refractivity contribution in [3.05, 3.63) is 23.8 Å². The number of nitrogen functional groups attached to an aromatic ring is 1. The van der Waals surface area contributed by atoms with Gasteiger partial charge in [-0.1, -0.05) is 0 Å². The van der Waals surface area contributed by atoms with Crippen molar-refractivity contribution < 1.29 is 9.90 Å². The molecule has 4 nitrogen and oxygen atoms in total. The molecule has 0 spiro atoms. The molecular weight excluding hydrogens is 192 g/mol. The third kappa shape index (κ3) is 2.03. The number of hydrogen-bond acceptors (Lipinski definition) is 3. The van der Waals surface area contributed by atoms with Crippen molar-refractivity contribution in [3.8, 4) is 0 Å². The van der Waals surface area contributed by atoms with Gasteiger partial charge in [0, 0.05) is 16.9 Å². The molecule has 1 fully saturated rings. The standard InChI is InChI=1S/C11H14N2O2/c1-11(4-5-11)13-7-2-3-9(12)8(6-7)10(14)15/h2-3,6,13H,4-5,12H2,1H3,(H,14,15). The van der Waals surface area contributed by atoms with E-state index in [0.717, 1.165) is 18.5 Å². The van der Waals surface area contributed by atoms with Crippen LogP contribution >= 0.6 is 0 Å². The van der Waals surface area contributed by atoms with Crippen molar-refractivity contribution in [2.24, 2.45) is 0 Å². The van der Waals surface area contributed by atoms with Crippen LogP contribution in [0.1, 0.15) is 30.1 Å². The average Bonchev–Trinajstić information content (AvgIpc) is 2.87. The molecular formula is C11H14N2O2. The lowest BCUT2D eigenvalue weighted by Gasteiger charge is -2.14. The molecule has 0 aliphatic heterocycles. The van der Waals surface area contributed by atoms with E-state index < -0.39 is 5.97 Å². The maximum atomic E-state index is 10.8. The summed E-state index contributed by atoms with van der Waals surface area (Å²) < 4.78 is 0. The van der Waals surface area contributed by atoms with E-state index in [-0.39, 0.29) is 11.1 Å². The summed E-state index contributed by atoms with van der Waals surface area (Å²) in [6, 6.07) is 5.02. The van der Waals surface area contributed by atoms with Crippen LogP contribution in [0, 0.1) is 0 Å². The first-order chi connectivity index (χ1) is 7.00. The molecule has 1 aromatic rings. The van der Waals surface area contributed by atoms with Crippen LogP contribution in [0.4, 0.5) is 11.4 Å². The van der Waals surface area contributed by atoms with Gasteiger partial charge in [-0.15, -0.1) is 0 Å². The van der Waals surface area contributed by atoms with Gasteiger partial charge in [0.1, 0.15) is 0 Å². The fourth-order valence-corrected chi connectivity index (χ4v) is 1.48. The molecule has 1 aliphatic carbocycles. The second kappa shape index (κ2) is 3.15. The molecule has 0 saturated heterocycles. The molecule has 1 saturated carbocycles. The van der Waals surface area contributed by atoms with Gasteiger partial charge in [0.05, 0.1) is 5.56 Å². The first-order valence-corrected chi connectivity index (χ1v) is 4.91. The second-order valence-electron chi connectivity index (χ2n) is 4.29. The zero-order chi connectivity index (χ0) is 11.1. The minimum absolute atomic E-state index is 0.145. The van der Waals surface area contributed by atoms with E-state index in [1.807, 2.05) is 6.07 Å². The fourth-order valence-electron chi connectivity index (χ4n) is 1.48. The summed E-state index contributed by atoms with van der Waals surface area (Å²) >= 11 is 0. The number of nitrogens with two attached hydrogens (primary N) is 1. The highest BCUT2D eigenvalue weighted by atomic mass is 16.4. The molecule has 15 heavy (non-hydrogen) atoms. The number of rotatable bonds is 3. The predicted molar refractivity (Wildman–Crippen MR) is 59.1 cm³/mol. The Morgan fingerprint density at radius 1 is 1.53 bits per heavy atom. The normalized spacial score (nSPS) is 17.1. The number of carboxylic acid groups (broad SMARTS) is 1. The lowest BCUT2D eigenvalue weighted by Crippen LogP contribution is -2.16. The summed E-state index contributed by atoms with van der Waals surface area (Å²) in [5.41, 5.74) is 6.98. The van der Waals surface area contributed by atoms with Crippen LogP contribution < -0.4 is 11.1 Å². The molecule has 2 rings (SSSR count). The molecule has 0 aromatic heterocycles. The van der Waals surface area contributed by atoms with Crippen molar-refractivity contribution >= 4 is 17.3 Å². The van der Waals surface area contributed by atoms with Crippen molar-refractivity contribution in [1.82, 2.24) is 0 Å². The van der Waals surface area contributed by atoms with E-state index in [0.29, 0.717) is 5.69 Å². The van der Waals surface area contributed by atoms with E-state index in [4.69, 9.17) is 10.8 Å². The summed E-state index contributed by atoms with van der Waals surface area (Å²) in [6.45, 7) is 2.11. The number of benzene rings is 1. The average molecular weight is 206 g/mol. The zero-order valence-electron chi connectivity index (χ0n) is 8.58. The molecule has 0 atom stereocenters. The van der Waals surface area contributed by atoms with Gasteiger partial charge in [0.15, 0.2) is 0 Å². The first-order valence-electron chi connectivity index (χ1n) is 4.91. The minimum Gasteiger partial charge on any atom is -0.478 e. The number of nitrogens with one attached hydrogen (secondary N) is 1. The van der Waals surface area contributed by atoms with Crippen molar-refractivity contribution in [3.63, 3.8) is 0 Å². The van der Waals surface area contributed by atoms with Gasteiger partial charge in [0.2, 0.25) is 0 Å². The Kier molecular flexibility index (Phi) is 2.07. The van der Waals surface area contributed by atoms with Crippen molar-refractivity contribution in [1.29, 1.82) is 0 Å². The first kappa shape index (κ1) is 9.83. The molecule has 4 heteroatoms. The Hall–Kier alpha value is -1.71. The summed E-state index contributed by atoms with van der Waals surface area (Å²) in [5, 5.41) is 12.2. The van der Waals surface area contributed by atoms with Gasteiger partial charge in [-0.05, 0) is 38.0 Å². The number of aromatic carboxylic acids is 1.